The van der Waals surface area contributed by atoms with Crippen molar-refractivity contribution >= 4 is 44.6 Å². The van der Waals surface area contributed by atoms with Crippen molar-refractivity contribution in [3.63, 3.8) is 0 Å². The van der Waals surface area contributed by atoms with Crippen molar-refractivity contribution in [1.82, 2.24) is 0 Å². The molecule has 0 unspecified atom stereocenters. The molecule has 1 fully saturated rings. The van der Waals surface area contributed by atoms with Crippen molar-refractivity contribution in [2.45, 2.75) is 35.0 Å². The Bertz CT molecular complexity index is 519. The highest BCUT2D eigenvalue weighted by molar-refractivity contribution is 7.75. The van der Waals surface area contributed by atoms with E-state index in [1.165, 1.54) is 0 Å². The van der Waals surface area contributed by atoms with Gasteiger partial charge in [-0.2, -0.15) is 30.7 Å². The molecule has 0 saturated heterocycles. The molecule has 0 spiro atoms. The number of aliphatic hydroxyl groups is 4. The molecule has 0 heterocycles. The summed E-state index contributed by atoms with van der Waals surface area (Å²) in [5.74, 6) is -32.6. The SMILES string of the molecule is O=C(C1(O)C(F)(F)[C@](O)(F)C(O)(F)[C@@](O)(F)C1(F)F)[Si](Cl)(Cl)Cl. The van der Waals surface area contributed by atoms with E-state index >= 15 is 0 Å². The highest BCUT2D eigenvalue weighted by Gasteiger charge is 2.99. The van der Waals surface area contributed by atoms with Crippen LogP contribution in [0.2, 0.25) is 0 Å². The van der Waals surface area contributed by atoms with Crippen molar-refractivity contribution < 1.29 is 56.0 Å². The van der Waals surface area contributed by atoms with Crippen LogP contribution in [-0.4, -0.2) is 66.8 Å². The molecular formula is C7H4Cl3F7O5Si. The number of alkyl halides is 7. The predicted octanol–water partition coefficient (Wildman–Crippen LogP) is 0.740. The number of carbonyl (C=O) groups excluding carboxylic acids is 1. The van der Waals surface area contributed by atoms with Crippen LogP contribution in [0.4, 0.5) is 30.7 Å². The van der Waals surface area contributed by atoms with E-state index in [4.69, 9.17) is 48.6 Å². The third-order valence-corrected chi connectivity index (χ3v) is 5.63. The molecule has 0 aromatic rings. The molecule has 136 valence electrons. The molecule has 2 atom stereocenters. The van der Waals surface area contributed by atoms with E-state index < -0.39 is 46.4 Å². The van der Waals surface area contributed by atoms with Crippen LogP contribution >= 0.6 is 33.2 Å². The summed E-state index contributed by atoms with van der Waals surface area (Å²) in [5, 5.41) is 31.9. The Morgan fingerprint density at radius 1 is 0.696 bits per heavy atom. The summed E-state index contributed by atoms with van der Waals surface area (Å²) >= 11 is 14.5. The predicted molar refractivity (Wildman–Crippen MR) is 61.3 cm³/mol. The van der Waals surface area contributed by atoms with Gasteiger partial charge >= 0.3 is 35.4 Å². The van der Waals surface area contributed by atoms with Gasteiger partial charge in [0, 0.05) is 0 Å². The Balaban J connectivity index is 3.94. The second-order valence-electron chi connectivity index (χ2n) is 4.55. The zero-order chi connectivity index (χ0) is 19.1. The van der Waals surface area contributed by atoms with Crippen LogP contribution in [-0.2, 0) is 4.79 Å². The Labute approximate surface area is 136 Å². The smallest absolute Gasteiger partial charge is 0.372 e. The molecule has 0 aromatic heterocycles. The van der Waals surface area contributed by atoms with Gasteiger partial charge in [0.05, 0.1) is 0 Å². The lowest BCUT2D eigenvalue weighted by atomic mass is 9.69. The molecule has 4 N–H and O–H groups in total. The van der Waals surface area contributed by atoms with Crippen molar-refractivity contribution in [1.29, 1.82) is 0 Å². The Kier molecular flexibility index (Phi) is 4.45. The second-order valence-corrected chi connectivity index (χ2v) is 12.8. The zero-order valence-corrected chi connectivity index (χ0v) is 13.2. The molecule has 16 heteroatoms. The molecule has 5 nitrogen and oxygen atoms in total. The standard InChI is InChI=1S/C7H4Cl3F7O5Si/c8-23(9,10)1(18)2(19)3(11,12)5(15,20)7(17,22)6(16,21)4(2,13)14/h19-22H/t2?,5-,6-,7?/m1/s1. The fourth-order valence-electron chi connectivity index (χ4n) is 1.80. The molecule has 0 radical (unpaired) electrons. The van der Waals surface area contributed by atoms with E-state index in [0.29, 0.717) is 0 Å². The minimum atomic E-state index is -6.67. The summed E-state index contributed by atoms with van der Waals surface area (Å²) in [6.07, 6.45) is 0. The van der Waals surface area contributed by atoms with Crippen LogP contribution in [0.3, 0.4) is 0 Å². The topological polar surface area (TPSA) is 98.0 Å². The molecule has 0 aliphatic heterocycles. The lowest BCUT2D eigenvalue weighted by Gasteiger charge is -2.55. The minimum Gasteiger partial charge on any atom is -0.372 e. The molecule has 0 amide bonds. The summed E-state index contributed by atoms with van der Waals surface area (Å²) in [5.41, 5.74) is -6.05. The molecule has 0 aromatic carbocycles. The third-order valence-electron chi connectivity index (χ3n) is 3.21. The number of halogens is 10. The van der Waals surface area contributed by atoms with Crippen LogP contribution in [0.15, 0.2) is 0 Å². The zero-order valence-electron chi connectivity index (χ0n) is 9.98. The van der Waals surface area contributed by atoms with E-state index in [1.807, 2.05) is 0 Å². The van der Waals surface area contributed by atoms with Crippen molar-refractivity contribution in [2.24, 2.45) is 0 Å². The third kappa shape index (κ3) is 2.05. The molecule has 1 aliphatic carbocycles. The fraction of sp³-hybridized carbons (Fsp3) is 0.857. The lowest BCUT2D eigenvalue weighted by Crippen LogP contribution is -2.90. The normalized spacial score (nSPS) is 46.5. The quantitative estimate of drug-likeness (QED) is 0.291. The van der Waals surface area contributed by atoms with Gasteiger partial charge in [-0.1, -0.05) is 0 Å². The van der Waals surface area contributed by atoms with E-state index in [1.54, 1.807) is 0 Å². The van der Waals surface area contributed by atoms with Crippen LogP contribution in [0, 0.1) is 0 Å². The largest absolute Gasteiger partial charge is 0.414 e. The molecule has 1 aliphatic rings. The van der Waals surface area contributed by atoms with Crippen LogP contribution in [0.25, 0.3) is 0 Å². The first-order chi connectivity index (χ1) is 9.65. The van der Waals surface area contributed by atoms with Gasteiger partial charge in [-0.15, -0.1) is 33.2 Å². The Hall–Kier alpha value is 0.107. The lowest BCUT2D eigenvalue weighted by molar-refractivity contribution is -0.526. The van der Waals surface area contributed by atoms with Crippen molar-refractivity contribution in [3.8, 4) is 0 Å². The summed E-state index contributed by atoms with van der Waals surface area (Å²) < 4.78 is 95.4. The number of carbonyl (C=O) groups is 1. The van der Waals surface area contributed by atoms with Gasteiger partial charge in [-0.3, -0.25) is 4.79 Å². The van der Waals surface area contributed by atoms with Gasteiger partial charge in [-0.05, 0) is 0 Å². The van der Waals surface area contributed by atoms with Crippen molar-refractivity contribution in [2.75, 3.05) is 0 Å². The van der Waals surface area contributed by atoms with Gasteiger partial charge < -0.3 is 20.4 Å². The summed E-state index contributed by atoms with van der Waals surface area (Å²) in [7, 11) is 0. The van der Waals surface area contributed by atoms with Gasteiger partial charge in [-0.25, -0.2) is 0 Å². The molecular weight excluding hydrogens is 432 g/mol. The van der Waals surface area contributed by atoms with Crippen molar-refractivity contribution in [3.05, 3.63) is 0 Å². The number of rotatable bonds is 2. The maximum atomic E-state index is 13.7. The fourth-order valence-corrected chi connectivity index (χ4v) is 3.76. The highest BCUT2D eigenvalue weighted by Crippen LogP contribution is 2.65. The molecule has 1 rings (SSSR count). The van der Waals surface area contributed by atoms with Crippen LogP contribution in [0.1, 0.15) is 0 Å². The van der Waals surface area contributed by atoms with Crippen LogP contribution < -0.4 is 0 Å². The number of hydrogen-bond donors (Lipinski definition) is 4. The van der Waals surface area contributed by atoms with Gasteiger partial charge in [0.1, 0.15) is 0 Å². The first-order valence-electron chi connectivity index (χ1n) is 4.99. The first-order valence-corrected chi connectivity index (χ1v) is 10.0. The first kappa shape index (κ1) is 21.2. The summed E-state index contributed by atoms with van der Waals surface area (Å²) in [6, 6.07) is -5.46. The van der Waals surface area contributed by atoms with Gasteiger partial charge in [0.25, 0.3) is 5.60 Å². The highest BCUT2D eigenvalue weighted by atomic mass is 35.8. The second kappa shape index (κ2) is 4.84. The minimum absolute atomic E-state index is 3.19. The summed E-state index contributed by atoms with van der Waals surface area (Å²) in [6.45, 7) is 0. The number of hydrogen-bond acceptors (Lipinski definition) is 5. The summed E-state index contributed by atoms with van der Waals surface area (Å²) in [4.78, 5) is 11.5. The van der Waals surface area contributed by atoms with Crippen LogP contribution in [0.5, 0.6) is 0 Å². The Morgan fingerprint density at radius 2 is 0.957 bits per heavy atom. The maximum absolute atomic E-state index is 13.7. The molecule has 0 bridgehead atoms. The van der Waals surface area contributed by atoms with E-state index in [2.05, 4.69) is 0 Å². The average Bonchev–Trinajstić information content (AvgIpc) is 2.33. The average molecular weight is 436 g/mol. The molecule has 1 saturated carbocycles. The van der Waals surface area contributed by atoms with E-state index in [0.717, 1.165) is 0 Å². The maximum Gasteiger partial charge on any atom is 0.414 e. The van der Waals surface area contributed by atoms with E-state index in [-0.39, 0.29) is 0 Å². The van der Waals surface area contributed by atoms with Gasteiger partial charge in [0.15, 0.2) is 0 Å². The molecule has 23 heavy (non-hydrogen) atoms. The van der Waals surface area contributed by atoms with Gasteiger partial charge in [0.2, 0.25) is 5.41 Å². The monoisotopic (exact) mass is 434 g/mol. The Morgan fingerprint density at radius 3 is 1.17 bits per heavy atom. The van der Waals surface area contributed by atoms with E-state index in [9.17, 15) is 40.6 Å².